The molecule has 0 atom stereocenters. The van der Waals surface area contributed by atoms with Gasteiger partial charge in [-0.15, -0.1) is 11.8 Å². The lowest BCUT2D eigenvalue weighted by molar-refractivity contribution is 0.628. The smallest absolute Gasteiger partial charge is 0.123 e. The summed E-state index contributed by atoms with van der Waals surface area (Å²) in [5.41, 5.74) is 2.73. The summed E-state index contributed by atoms with van der Waals surface area (Å²) in [5, 5.41) is 14.3. The van der Waals surface area contributed by atoms with Gasteiger partial charge in [0.25, 0.3) is 0 Å². The van der Waals surface area contributed by atoms with Crippen molar-refractivity contribution in [1.82, 2.24) is 4.98 Å². The van der Waals surface area contributed by atoms with E-state index in [9.17, 15) is 9.65 Å². The minimum atomic E-state index is -0.296. The van der Waals surface area contributed by atoms with Gasteiger partial charge in [-0.2, -0.15) is 5.26 Å². The molecule has 0 saturated heterocycles. The fraction of sp³-hybridized carbons (Fsp3) is 0.0588. The predicted octanol–water partition coefficient (Wildman–Crippen LogP) is 4.71. The Bertz CT molecular complexity index is 869. The highest BCUT2D eigenvalue weighted by Crippen LogP contribution is 2.34. The molecule has 108 valence electrons. The fourth-order valence-electron chi connectivity index (χ4n) is 2.25. The average Bonchev–Trinajstić information content (AvgIpc) is 2.56. The second kappa shape index (κ2) is 6.04. The number of para-hydroxylation sites is 1. The van der Waals surface area contributed by atoms with Gasteiger partial charge in [0.15, 0.2) is 0 Å². The number of halogens is 1. The Kier molecular flexibility index (Phi) is 3.94. The van der Waals surface area contributed by atoms with Crippen LogP contribution in [0.1, 0.15) is 5.56 Å². The lowest BCUT2D eigenvalue weighted by atomic mass is 10.1. The van der Waals surface area contributed by atoms with E-state index in [4.69, 9.17) is 0 Å². The summed E-state index contributed by atoms with van der Waals surface area (Å²) < 4.78 is 13.0. The number of anilines is 2. The quantitative estimate of drug-likeness (QED) is 0.712. The van der Waals surface area contributed by atoms with Crippen molar-refractivity contribution in [2.24, 2.45) is 0 Å². The molecular formula is C17H12FN3S. The van der Waals surface area contributed by atoms with Gasteiger partial charge in [-0.3, -0.25) is 0 Å². The third-order valence-corrected chi connectivity index (χ3v) is 3.96. The highest BCUT2D eigenvalue weighted by molar-refractivity contribution is 7.98. The maximum atomic E-state index is 13.0. The molecule has 1 aromatic heterocycles. The first kappa shape index (κ1) is 14.4. The van der Waals surface area contributed by atoms with E-state index in [1.165, 1.54) is 23.9 Å². The third kappa shape index (κ3) is 2.61. The van der Waals surface area contributed by atoms with Crippen LogP contribution in [0.5, 0.6) is 0 Å². The second-order valence-electron chi connectivity index (χ2n) is 4.63. The Balaban J connectivity index is 2.21. The van der Waals surface area contributed by atoms with Crippen LogP contribution in [0.2, 0.25) is 0 Å². The van der Waals surface area contributed by atoms with Crippen LogP contribution in [-0.2, 0) is 0 Å². The molecule has 0 aliphatic heterocycles. The normalized spacial score (nSPS) is 10.4. The van der Waals surface area contributed by atoms with Crippen molar-refractivity contribution in [2.75, 3.05) is 11.6 Å². The molecule has 0 aliphatic carbocycles. The van der Waals surface area contributed by atoms with Gasteiger partial charge in [0, 0.05) is 11.1 Å². The Morgan fingerprint density at radius 1 is 1.14 bits per heavy atom. The van der Waals surface area contributed by atoms with Crippen LogP contribution in [0, 0.1) is 17.1 Å². The molecule has 0 aliphatic rings. The van der Waals surface area contributed by atoms with E-state index in [2.05, 4.69) is 16.4 Å². The molecule has 0 saturated carbocycles. The van der Waals surface area contributed by atoms with Crippen molar-refractivity contribution in [1.29, 1.82) is 5.26 Å². The van der Waals surface area contributed by atoms with E-state index in [1.807, 2.05) is 30.5 Å². The second-order valence-corrected chi connectivity index (χ2v) is 5.43. The maximum absolute atomic E-state index is 13.0. The van der Waals surface area contributed by atoms with E-state index in [-0.39, 0.29) is 5.82 Å². The van der Waals surface area contributed by atoms with Gasteiger partial charge in [0.1, 0.15) is 22.5 Å². The number of hydrogen-bond acceptors (Lipinski definition) is 4. The summed E-state index contributed by atoms with van der Waals surface area (Å²) in [5.74, 6) is -0.296. The molecule has 0 unspecified atom stereocenters. The first-order valence-corrected chi connectivity index (χ1v) is 7.85. The number of thioether (sulfide) groups is 1. The van der Waals surface area contributed by atoms with Crippen LogP contribution in [0.3, 0.4) is 0 Å². The fourth-order valence-corrected chi connectivity index (χ4v) is 2.79. The van der Waals surface area contributed by atoms with Gasteiger partial charge >= 0.3 is 0 Å². The number of nitriles is 1. The van der Waals surface area contributed by atoms with Gasteiger partial charge in [-0.1, -0.05) is 18.2 Å². The van der Waals surface area contributed by atoms with Crippen molar-refractivity contribution in [2.45, 2.75) is 5.03 Å². The standard InChI is InChI=1S/C17H12FN3S/c1-22-17-14(10-19)16(13-4-2-3-5-15(13)21-17)20-12-8-6-11(18)7-9-12/h2-9H,1H3,(H,20,21). The van der Waals surface area contributed by atoms with Crippen LogP contribution in [-0.4, -0.2) is 11.2 Å². The zero-order valence-corrected chi connectivity index (χ0v) is 12.6. The lowest BCUT2D eigenvalue weighted by Gasteiger charge is -2.13. The summed E-state index contributed by atoms with van der Waals surface area (Å²) in [4.78, 5) is 4.52. The van der Waals surface area contributed by atoms with Gasteiger partial charge in [0.05, 0.1) is 11.2 Å². The van der Waals surface area contributed by atoms with E-state index in [1.54, 1.807) is 12.1 Å². The van der Waals surface area contributed by atoms with Crippen LogP contribution in [0.15, 0.2) is 53.6 Å². The van der Waals surface area contributed by atoms with Gasteiger partial charge in [-0.25, -0.2) is 9.37 Å². The molecule has 5 heteroatoms. The Hall–Kier alpha value is -2.58. The monoisotopic (exact) mass is 309 g/mol. The number of aromatic nitrogens is 1. The SMILES string of the molecule is CSc1nc2ccccc2c(Nc2ccc(F)cc2)c1C#N. The number of nitrogens with zero attached hydrogens (tertiary/aromatic N) is 2. The Morgan fingerprint density at radius 2 is 1.86 bits per heavy atom. The lowest BCUT2D eigenvalue weighted by Crippen LogP contribution is -1.99. The summed E-state index contributed by atoms with van der Waals surface area (Å²) in [6, 6.07) is 15.9. The zero-order chi connectivity index (χ0) is 15.5. The summed E-state index contributed by atoms with van der Waals surface area (Å²) in [7, 11) is 0. The van der Waals surface area contributed by atoms with Crippen molar-refractivity contribution in [3.05, 3.63) is 59.9 Å². The Labute approximate surface area is 131 Å². The molecule has 0 radical (unpaired) electrons. The number of nitrogens with one attached hydrogen (secondary N) is 1. The molecule has 3 nitrogen and oxygen atoms in total. The minimum Gasteiger partial charge on any atom is -0.354 e. The predicted molar refractivity (Wildman–Crippen MR) is 87.9 cm³/mol. The third-order valence-electron chi connectivity index (χ3n) is 3.28. The Morgan fingerprint density at radius 3 is 2.55 bits per heavy atom. The molecule has 22 heavy (non-hydrogen) atoms. The molecule has 0 fully saturated rings. The zero-order valence-electron chi connectivity index (χ0n) is 11.8. The van der Waals surface area contributed by atoms with Crippen LogP contribution < -0.4 is 5.32 Å². The van der Waals surface area contributed by atoms with E-state index >= 15 is 0 Å². The van der Waals surface area contributed by atoms with E-state index in [0.717, 1.165) is 16.6 Å². The molecule has 1 heterocycles. The van der Waals surface area contributed by atoms with Gasteiger partial charge < -0.3 is 5.32 Å². The number of fused-ring (bicyclic) bond motifs is 1. The van der Waals surface area contributed by atoms with E-state index < -0.39 is 0 Å². The van der Waals surface area contributed by atoms with Crippen molar-refractivity contribution in [3.8, 4) is 6.07 Å². The summed E-state index contributed by atoms with van der Waals surface area (Å²) >= 11 is 1.43. The largest absolute Gasteiger partial charge is 0.354 e. The molecule has 3 rings (SSSR count). The number of hydrogen-bond donors (Lipinski definition) is 1. The van der Waals surface area contributed by atoms with Crippen LogP contribution in [0.25, 0.3) is 10.9 Å². The van der Waals surface area contributed by atoms with Gasteiger partial charge in [0.2, 0.25) is 0 Å². The molecular weight excluding hydrogens is 297 g/mol. The first-order chi connectivity index (χ1) is 10.7. The number of pyridine rings is 1. The molecule has 3 aromatic rings. The maximum Gasteiger partial charge on any atom is 0.123 e. The van der Waals surface area contributed by atoms with Crippen molar-refractivity contribution < 1.29 is 4.39 Å². The van der Waals surface area contributed by atoms with Gasteiger partial charge in [-0.05, 0) is 36.6 Å². The number of rotatable bonds is 3. The molecule has 1 N–H and O–H groups in total. The first-order valence-electron chi connectivity index (χ1n) is 6.62. The molecule has 0 bridgehead atoms. The van der Waals surface area contributed by atoms with Crippen LogP contribution >= 0.6 is 11.8 Å². The molecule has 2 aromatic carbocycles. The molecule has 0 amide bonds. The number of benzene rings is 2. The highest BCUT2D eigenvalue weighted by Gasteiger charge is 2.14. The summed E-state index contributed by atoms with van der Waals surface area (Å²) in [6.45, 7) is 0. The minimum absolute atomic E-state index is 0.296. The van der Waals surface area contributed by atoms with E-state index in [0.29, 0.717) is 16.3 Å². The average molecular weight is 309 g/mol. The topological polar surface area (TPSA) is 48.7 Å². The van der Waals surface area contributed by atoms with Crippen LogP contribution in [0.4, 0.5) is 15.8 Å². The van der Waals surface area contributed by atoms with Crippen molar-refractivity contribution >= 4 is 34.0 Å². The highest BCUT2D eigenvalue weighted by atomic mass is 32.2. The summed E-state index contributed by atoms with van der Waals surface area (Å²) in [6.07, 6.45) is 1.89. The molecule has 0 spiro atoms. The van der Waals surface area contributed by atoms with Crippen molar-refractivity contribution in [3.63, 3.8) is 0 Å².